The van der Waals surface area contributed by atoms with Crippen molar-refractivity contribution in [2.75, 3.05) is 0 Å². The Kier molecular flexibility index (Phi) is 2.27. The van der Waals surface area contributed by atoms with Crippen molar-refractivity contribution in [3.05, 3.63) is 0 Å². The fourth-order valence-electron chi connectivity index (χ4n) is 1.01. The van der Waals surface area contributed by atoms with Crippen LogP contribution in [0.1, 0.15) is 12.8 Å². The largest absolute Gasteiger partial charge is 0.481 e. The molecule has 1 atom stereocenters. The summed E-state index contributed by atoms with van der Waals surface area (Å²) in [6.07, 6.45) is -0.197. The molecular formula is C6H8N2O4. The predicted molar refractivity (Wildman–Crippen MR) is 37.3 cm³/mol. The molecule has 1 rings (SSSR count). The van der Waals surface area contributed by atoms with Crippen LogP contribution in [-0.4, -0.2) is 29.1 Å². The van der Waals surface area contributed by atoms with E-state index >= 15 is 0 Å². The molecule has 0 unspecified atom stereocenters. The summed E-state index contributed by atoms with van der Waals surface area (Å²) in [5.41, 5.74) is 0. The molecule has 0 aromatic carbocycles. The highest BCUT2D eigenvalue weighted by Crippen LogP contribution is 2.02. The van der Waals surface area contributed by atoms with Crippen LogP contribution >= 0.6 is 0 Å². The number of carbonyl (C=O) groups excluding carboxylic acids is 2. The normalized spacial score (nSPS) is 22.8. The van der Waals surface area contributed by atoms with Gasteiger partial charge in [-0.3, -0.25) is 14.9 Å². The summed E-state index contributed by atoms with van der Waals surface area (Å²) in [6, 6.07) is -1.21. The highest BCUT2D eigenvalue weighted by molar-refractivity contribution is 5.97. The Morgan fingerprint density at radius 2 is 2.25 bits per heavy atom. The molecule has 1 aliphatic heterocycles. The van der Waals surface area contributed by atoms with Crippen LogP contribution in [0.5, 0.6) is 0 Å². The van der Waals surface area contributed by atoms with Crippen molar-refractivity contribution in [3.8, 4) is 0 Å². The second-order valence-electron chi connectivity index (χ2n) is 2.52. The van der Waals surface area contributed by atoms with Gasteiger partial charge in [0.2, 0.25) is 5.91 Å². The minimum atomic E-state index is -1.03. The van der Waals surface area contributed by atoms with E-state index in [9.17, 15) is 14.4 Å². The quantitative estimate of drug-likeness (QED) is 0.500. The van der Waals surface area contributed by atoms with E-state index in [0.29, 0.717) is 0 Å². The van der Waals surface area contributed by atoms with E-state index in [1.54, 1.807) is 0 Å². The number of carboxylic acids is 1. The maximum absolute atomic E-state index is 10.7. The van der Waals surface area contributed by atoms with E-state index in [1.165, 1.54) is 0 Å². The SMILES string of the molecule is O=C(O)C[C@@H]1CC(=O)NC(=O)N1. The van der Waals surface area contributed by atoms with Gasteiger partial charge >= 0.3 is 12.0 Å². The number of urea groups is 1. The van der Waals surface area contributed by atoms with Gasteiger partial charge in [0, 0.05) is 12.5 Å². The molecule has 0 radical (unpaired) electrons. The van der Waals surface area contributed by atoms with E-state index in [4.69, 9.17) is 5.11 Å². The molecule has 12 heavy (non-hydrogen) atoms. The number of amides is 3. The molecule has 0 saturated carbocycles. The number of nitrogens with one attached hydrogen (secondary N) is 2. The van der Waals surface area contributed by atoms with Gasteiger partial charge in [-0.15, -0.1) is 0 Å². The average molecular weight is 172 g/mol. The van der Waals surface area contributed by atoms with E-state index < -0.39 is 23.9 Å². The monoisotopic (exact) mass is 172 g/mol. The number of aliphatic carboxylic acids is 1. The van der Waals surface area contributed by atoms with E-state index in [1.807, 2.05) is 5.32 Å². The third kappa shape index (κ3) is 2.22. The molecule has 0 aliphatic carbocycles. The molecule has 3 N–H and O–H groups in total. The van der Waals surface area contributed by atoms with Crippen molar-refractivity contribution in [2.24, 2.45) is 0 Å². The van der Waals surface area contributed by atoms with Crippen molar-refractivity contribution in [1.29, 1.82) is 0 Å². The lowest BCUT2D eigenvalue weighted by Gasteiger charge is -2.21. The van der Waals surface area contributed by atoms with Crippen LogP contribution in [0.15, 0.2) is 0 Å². The highest BCUT2D eigenvalue weighted by atomic mass is 16.4. The molecule has 0 aromatic rings. The Bertz CT molecular complexity index is 219. The Morgan fingerprint density at radius 1 is 1.58 bits per heavy atom. The summed E-state index contributed by atoms with van der Waals surface area (Å²) < 4.78 is 0. The van der Waals surface area contributed by atoms with Gasteiger partial charge in [-0.25, -0.2) is 4.79 Å². The van der Waals surface area contributed by atoms with Gasteiger partial charge in [-0.05, 0) is 0 Å². The molecule has 66 valence electrons. The third-order valence-corrected chi connectivity index (χ3v) is 1.44. The second-order valence-corrected chi connectivity index (χ2v) is 2.52. The first-order valence-corrected chi connectivity index (χ1v) is 3.40. The van der Waals surface area contributed by atoms with Crippen LogP contribution in [0.25, 0.3) is 0 Å². The molecule has 0 spiro atoms. The molecule has 6 nitrogen and oxygen atoms in total. The molecule has 1 aliphatic rings. The minimum absolute atomic E-state index is 0.0258. The molecular weight excluding hydrogens is 164 g/mol. The van der Waals surface area contributed by atoms with Gasteiger partial charge in [0.15, 0.2) is 0 Å². The number of imide groups is 1. The highest BCUT2D eigenvalue weighted by Gasteiger charge is 2.25. The molecule has 1 heterocycles. The van der Waals surface area contributed by atoms with Crippen LogP contribution in [-0.2, 0) is 9.59 Å². The first-order valence-electron chi connectivity index (χ1n) is 3.40. The number of rotatable bonds is 2. The number of carbonyl (C=O) groups is 3. The minimum Gasteiger partial charge on any atom is -0.481 e. The maximum atomic E-state index is 10.7. The van der Waals surface area contributed by atoms with Gasteiger partial charge in [0.05, 0.1) is 6.42 Å². The molecule has 0 bridgehead atoms. The fourth-order valence-corrected chi connectivity index (χ4v) is 1.01. The van der Waals surface area contributed by atoms with Crippen molar-refractivity contribution in [2.45, 2.75) is 18.9 Å². The van der Waals surface area contributed by atoms with Crippen molar-refractivity contribution in [1.82, 2.24) is 10.6 Å². The number of carboxylic acid groups (broad SMARTS) is 1. The first-order chi connectivity index (χ1) is 5.58. The van der Waals surface area contributed by atoms with Crippen LogP contribution in [0.3, 0.4) is 0 Å². The zero-order valence-corrected chi connectivity index (χ0v) is 6.16. The summed E-state index contributed by atoms with van der Waals surface area (Å²) >= 11 is 0. The average Bonchev–Trinajstić information content (AvgIpc) is 1.81. The summed E-state index contributed by atoms with van der Waals surface area (Å²) in [5.74, 6) is -1.47. The second kappa shape index (κ2) is 3.21. The van der Waals surface area contributed by atoms with Crippen LogP contribution in [0.2, 0.25) is 0 Å². The zero-order valence-electron chi connectivity index (χ0n) is 6.16. The standard InChI is InChI=1S/C6H8N2O4/c9-4-1-3(2-5(10)11)7-6(12)8-4/h3H,1-2H2,(H,10,11)(H2,7,8,9,12)/t3-/m0/s1. The van der Waals surface area contributed by atoms with Crippen LogP contribution in [0.4, 0.5) is 4.79 Å². The number of hydrogen-bond donors (Lipinski definition) is 3. The van der Waals surface area contributed by atoms with Crippen LogP contribution < -0.4 is 10.6 Å². The van der Waals surface area contributed by atoms with Crippen LogP contribution in [0, 0.1) is 0 Å². The van der Waals surface area contributed by atoms with Crippen molar-refractivity contribution in [3.63, 3.8) is 0 Å². The molecule has 1 fully saturated rings. The Labute approximate surface area is 67.9 Å². The summed E-state index contributed by atoms with van der Waals surface area (Å²) in [4.78, 5) is 31.5. The van der Waals surface area contributed by atoms with Crippen molar-refractivity contribution >= 4 is 17.9 Å². The topological polar surface area (TPSA) is 95.5 Å². The molecule has 0 aromatic heterocycles. The lowest BCUT2D eigenvalue weighted by molar-refractivity contribution is -0.137. The molecule has 6 heteroatoms. The van der Waals surface area contributed by atoms with E-state index in [2.05, 4.69) is 5.32 Å². The molecule has 1 saturated heterocycles. The third-order valence-electron chi connectivity index (χ3n) is 1.44. The predicted octanol–water partition coefficient (Wildman–Crippen LogP) is -0.941. The Balaban J connectivity index is 2.49. The number of hydrogen-bond acceptors (Lipinski definition) is 3. The molecule has 3 amide bonds. The zero-order chi connectivity index (χ0) is 9.14. The van der Waals surface area contributed by atoms with Gasteiger partial charge < -0.3 is 10.4 Å². The lowest BCUT2D eigenvalue weighted by atomic mass is 10.1. The lowest BCUT2D eigenvalue weighted by Crippen LogP contribution is -2.52. The summed E-state index contributed by atoms with van der Waals surface area (Å²) in [6.45, 7) is 0. The Hall–Kier alpha value is -1.59. The smallest absolute Gasteiger partial charge is 0.321 e. The first kappa shape index (κ1) is 8.51. The summed E-state index contributed by atoms with van der Waals surface area (Å²) in [7, 11) is 0. The van der Waals surface area contributed by atoms with E-state index in [0.717, 1.165) is 0 Å². The summed E-state index contributed by atoms with van der Waals surface area (Å²) in [5, 5.41) is 12.7. The van der Waals surface area contributed by atoms with Gasteiger partial charge in [-0.2, -0.15) is 0 Å². The Morgan fingerprint density at radius 3 is 2.75 bits per heavy atom. The van der Waals surface area contributed by atoms with Crippen molar-refractivity contribution < 1.29 is 19.5 Å². The maximum Gasteiger partial charge on any atom is 0.321 e. The van der Waals surface area contributed by atoms with E-state index in [-0.39, 0.29) is 12.8 Å². The van der Waals surface area contributed by atoms with Gasteiger partial charge in [0.1, 0.15) is 0 Å². The fraction of sp³-hybridized carbons (Fsp3) is 0.500. The van der Waals surface area contributed by atoms with Gasteiger partial charge in [-0.1, -0.05) is 0 Å². The van der Waals surface area contributed by atoms with Gasteiger partial charge in [0.25, 0.3) is 0 Å².